The SMILES string of the molecule is CCCNC(=O)CN1CCN(CC(=O)N2CCC(C)CC2)CC1. The minimum Gasteiger partial charge on any atom is -0.355 e. The van der Waals surface area contributed by atoms with E-state index >= 15 is 0 Å². The van der Waals surface area contributed by atoms with Crippen LogP contribution in [0, 0.1) is 5.92 Å². The Morgan fingerprint density at radius 3 is 2.09 bits per heavy atom. The maximum Gasteiger partial charge on any atom is 0.236 e. The van der Waals surface area contributed by atoms with Crippen LogP contribution in [0.1, 0.15) is 33.1 Å². The summed E-state index contributed by atoms with van der Waals surface area (Å²) in [5, 5.41) is 2.91. The van der Waals surface area contributed by atoms with Gasteiger partial charge in [-0.25, -0.2) is 0 Å². The van der Waals surface area contributed by atoms with Gasteiger partial charge in [0.05, 0.1) is 13.1 Å². The van der Waals surface area contributed by atoms with Crippen LogP contribution in [0.25, 0.3) is 0 Å². The molecule has 0 aromatic carbocycles. The van der Waals surface area contributed by atoms with Crippen LogP contribution in [0.4, 0.5) is 0 Å². The van der Waals surface area contributed by atoms with Crippen LogP contribution in [0.15, 0.2) is 0 Å². The standard InChI is InChI=1S/C17H32N4O2/c1-3-6-18-16(22)13-19-9-11-20(12-10-19)14-17(23)21-7-4-15(2)5-8-21/h15H,3-14H2,1-2H3,(H,18,22). The lowest BCUT2D eigenvalue weighted by molar-refractivity contribution is -0.134. The van der Waals surface area contributed by atoms with Crippen molar-refractivity contribution in [2.24, 2.45) is 5.92 Å². The fraction of sp³-hybridized carbons (Fsp3) is 0.882. The van der Waals surface area contributed by atoms with Gasteiger partial charge in [0.15, 0.2) is 0 Å². The lowest BCUT2D eigenvalue weighted by Crippen LogP contribution is -2.52. The molecule has 0 aromatic rings. The molecule has 0 radical (unpaired) electrons. The molecule has 6 nitrogen and oxygen atoms in total. The van der Waals surface area contributed by atoms with Crippen LogP contribution < -0.4 is 5.32 Å². The van der Waals surface area contributed by atoms with Crippen LogP contribution in [0.5, 0.6) is 0 Å². The number of hydrogen-bond donors (Lipinski definition) is 1. The number of carbonyl (C=O) groups is 2. The summed E-state index contributed by atoms with van der Waals surface area (Å²) >= 11 is 0. The molecule has 0 bridgehead atoms. The summed E-state index contributed by atoms with van der Waals surface area (Å²) in [5.74, 6) is 1.13. The van der Waals surface area contributed by atoms with Gasteiger partial charge < -0.3 is 10.2 Å². The van der Waals surface area contributed by atoms with E-state index in [0.717, 1.165) is 71.0 Å². The van der Waals surface area contributed by atoms with Crippen LogP contribution in [0.3, 0.4) is 0 Å². The van der Waals surface area contributed by atoms with Crippen molar-refractivity contribution in [2.45, 2.75) is 33.1 Å². The molecule has 2 rings (SSSR count). The van der Waals surface area contributed by atoms with Crippen molar-refractivity contribution in [2.75, 3.05) is 58.9 Å². The molecule has 0 spiro atoms. The predicted molar refractivity (Wildman–Crippen MR) is 91.2 cm³/mol. The van der Waals surface area contributed by atoms with E-state index in [1.54, 1.807) is 0 Å². The smallest absolute Gasteiger partial charge is 0.236 e. The Kier molecular flexibility index (Phi) is 7.30. The summed E-state index contributed by atoms with van der Waals surface area (Å²) in [7, 11) is 0. The molecule has 2 amide bonds. The molecule has 0 atom stereocenters. The molecule has 0 saturated carbocycles. The van der Waals surface area contributed by atoms with Gasteiger partial charge in [0.1, 0.15) is 0 Å². The Balaban J connectivity index is 1.64. The number of hydrogen-bond acceptors (Lipinski definition) is 4. The number of carbonyl (C=O) groups excluding carboxylic acids is 2. The maximum atomic E-state index is 12.4. The van der Waals surface area contributed by atoms with E-state index in [2.05, 4.69) is 29.0 Å². The molecule has 2 saturated heterocycles. The van der Waals surface area contributed by atoms with Crippen LogP contribution in [0.2, 0.25) is 0 Å². The average Bonchev–Trinajstić information content (AvgIpc) is 2.55. The van der Waals surface area contributed by atoms with Crippen molar-refractivity contribution in [3.8, 4) is 0 Å². The van der Waals surface area contributed by atoms with E-state index < -0.39 is 0 Å². The third-order valence-electron chi connectivity index (χ3n) is 4.90. The highest BCUT2D eigenvalue weighted by atomic mass is 16.2. The number of piperidine rings is 1. The molecule has 0 unspecified atom stereocenters. The van der Waals surface area contributed by atoms with Crippen LogP contribution >= 0.6 is 0 Å². The van der Waals surface area contributed by atoms with Crippen molar-refractivity contribution in [3.63, 3.8) is 0 Å². The van der Waals surface area contributed by atoms with E-state index in [9.17, 15) is 9.59 Å². The van der Waals surface area contributed by atoms with Crippen molar-refractivity contribution in [1.82, 2.24) is 20.0 Å². The minimum absolute atomic E-state index is 0.110. The Labute approximate surface area is 140 Å². The first-order valence-corrected chi connectivity index (χ1v) is 9.07. The number of rotatable bonds is 6. The lowest BCUT2D eigenvalue weighted by Gasteiger charge is -2.36. The molecule has 2 heterocycles. The predicted octanol–water partition coefficient (Wildman–Crippen LogP) is 0.389. The monoisotopic (exact) mass is 324 g/mol. The Hall–Kier alpha value is -1.14. The summed E-state index contributed by atoms with van der Waals surface area (Å²) in [6.07, 6.45) is 3.23. The van der Waals surface area contributed by atoms with Crippen molar-refractivity contribution in [1.29, 1.82) is 0 Å². The fourth-order valence-electron chi connectivity index (χ4n) is 3.18. The van der Waals surface area contributed by atoms with Gasteiger partial charge in [-0.2, -0.15) is 0 Å². The normalized spacial score (nSPS) is 21.4. The summed E-state index contributed by atoms with van der Waals surface area (Å²) in [6, 6.07) is 0. The molecular weight excluding hydrogens is 292 g/mol. The third kappa shape index (κ3) is 6.11. The van der Waals surface area contributed by atoms with Crippen LogP contribution in [-0.4, -0.2) is 85.4 Å². The van der Waals surface area contributed by atoms with Gasteiger partial charge in [0, 0.05) is 45.8 Å². The number of nitrogens with zero attached hydrogens (tertiary/aromatic N) is 3. The lowest BCUT2D eigenvalue weighted by atomic mass is 9.99. The zero-order chi connectivity index (χ0) is 16.7. The van der Waals surface area contributed by atoms with Gasteiger partial charge in [0.25, 0.3) is 0 Å². The molecule has 2 fully saturated rings. The second-order valence-electron chi connectivity index (χ2n) is 6.97. The summed E-state index contributed by atoms with van der Waals surface area (Å²) in [4.78, 5) is 30.5. The zero-order valence-electron chi connectivity index (χ0n) is 14.7. The van der Waals surface area contributed by atoms with Gasteiger partial charge in [-0.05, 0) is 25.2 Å². The topological polar surface area (TPSA) is 55.9 Å². The second kappa shape index (κ2) is 9.23. The Morgan fingerprint density at radius 1 is 0.957 bits per heavy atom. The van der Waals surface area contributed by atoms with E-state index in [0.29, 0.717) is 13.1 Å². The number of amides is 2. The molecule has 132 valence electrons. The summed E-state index contributed by atoms with van der Waals surface area (Å²) in [6.45, 7) is 11.4. The molecule has 2 aliphatic rings. The van der Waals surface area contributed by atoms with Gasteiger partial charge >= 0.3 is 0 Å². The largest absolute Gasteiger partial charge is 0.355 e. The molecular formula is C17H32N4O2. The van der Waals surface area contributed by atoms with Gasteiger partial charge in [0.2, 0.25) is 11.8 Å². The zero-order valence-corrected chi connectivity index (χ0v) is 14.7. The Bertz CT molecular complexity index is 386. The van der Waals surface area contributed by atoms with Crippen molar-refractivity contribution in [3.05, 3.63) is 0 Å². The first kappa shape index (κ1) is 18.2. The molecule has 1 N–H and O–H groups in total. The highest BCUT2D eigenvalue weighted by Crippen LogP contribution is 2.16. The van der Waals surface area contributed by atoms with Crippen LogP contribution in [-0.2, 0) is 9.59 Å². The molecule has 6 heteroatoms. The first-order valence-electron chi connectivity index (χ1n) is 9.07. The minimum atomic E-state index is 0.110. The van der Waals surface area contributed by atoms with Gasteiger partial charge in [-0.3, -0.25) is 19.4 Å². The van der Waals surface area contributed by atoms with E-state index in [1.165, 1.54) is 0 Å². The first-order chi connectivity index (χ1) is 11.1. The molecule has 23 heavy (non-hydrogen) atoms. The quantitative estimate of drug-likeness (QED) is 0.768. The fourth-order valence-corrected chi connectivity index (χ4v) is 3.18. The third-order valence-corrected chi connectivity index (χ3v) is 4.90. The molecule has 2 aliphatic heterocycles. The summed E-state index contributed by atoms with van der Waals surface area (Å²) < 4.78 is 0. The average molecular weight is 324 g/mol. The molecule has 0 aromatic heterocycles. The summed E-state index contributed by atoms with van der Waals surface area (Å²) in [5.41, 5.74) is 0. The van der Waals surface area contributed by atoms with E-state index in [1.807, 2.05) is 4.90 Å². The second-order valence-corrected chi connectivity index (χ2v) is 6.97. The highest BCUT2D eigenvalue weighted by Gasteiger charge is 2.24. The number of piperazine rings is 1. The number of nitrogens with one attached hydrogen (secondary N) is 1. The molecule has 0 aliphatic carbocycles. The van der Waals surface area contributed by atoms with Crippen molar-refractivity contribution >= 4 is 11.8 Å². The number of likely N-dealkylation sites (tertiary alicyclic amines) is 1. The van der Waals surface area contributed by atoms with Gasteiger partial charge in [-0.1, -0.05) is 13.8 Å². The van der Waals surface area contributed by atoms with E-state index in [4.69, 9.17) is 0 Å². The maximum absolute atomic E-state index is 12.4. The Morgan fingerprint density at radius 2 is 1.52 bits per heavy atom. The van der Waals surface area contributed by atoms with Crippen molar-refractivity contribution < 1.29 is 9.59 Å². The van der Waals surface area contributed by atoms with E-state index in [-0.39, 0.29) is 11.8 Å². The van der Waals surface area contributed by atoms with Gasteiger partial charge in [-0.15, -0.1) is 0 Å². The highest BCUT2D eigenvalue weighted by molar-refractivity contribution is 5.78.